The number of amides is 1. The van der Waals surface area contributed by atoms with Gasteiger partial charge in [0.25, 0.3) is 0 Å². The quantitative estimate of drug-likeness (QED) is 0.948. The van der Waals surface area contributed by atoms with Crippen molar-refractivity contribution >= 4 is 33.1 Å². The standard InChI is InChI=1S/C16H19N3OS/c20-16(18-12-3-4-12)11-2-1-8-19(10-11)14-5-7-17-13-6-9-21-15(13)14/h5-7,9,11-12H,1-4,8,10H2,(H,18,20). The average molecular weight is 301 g/mol. The molecule has 1 N–H and O–H groups in total. The molecule has 0 radical (unpaired) electrons. The summed E-state index contributed by atoms with van der Waals surface area (Å²) in [6.45, 7) is 1.86. The van der Waals surface area contributed by atoms with E-state index >= 15 is 0 Å². The second-order valence-electron chi connectivity index (χ2n) is 6.03. The van der Waals surface area contributed by atoms with Crippen LogP contribution in [0.2, 0.25) is 0 Å². The topological polar surface area (TPSA) is 45.2 Å². The Bertz CT molecular complexity index is 664. The van der Waals surface area contributed by atoms with Gasteiger partial charge in [-0.05, 0) is 43.2 Å². The zero-order valence-electron chi connectivity index (χ0n) is 11.9. The smallest absolute Gasteiger partial charge is 0.225 e. The fourth-order valence-electron chi connectivity index (χ4n) is 3.07. The fraction of sp³-hybridized carbons (Fsp3) is 0.500. The van der Waals surface area contributed by atoms with Crippen LogP contribution in [0.1, 0.15) is 25.7 Å². The first kappa shape index (κ1) is 13.1. The second kappa shape index (κ2) is 5.30. The van der Waals surface area contributed by atoms with Crippen molar-refractivity contribution in [3.8, 4) is 0 Å². The lowest BCUT2D eigenvalue weighted by atomic mass is 9.96. The van der Waals surface area contributed by atoms with Gasteiger partial charge < -0.3 is 10.2 Å². The maximum absolute atomic E-state index is 12.3. The van der Waals surface area contributed by atoms with E-state index < -0.39 is 0 Å². The van der Waals surface area contributed by atoms with Crippen molar-refractivity contribution in [1.29, 1.82) is 0 Å². The van der Waals surface area contributed by atoms with Crippen molar-refractivity contribution < 1.29 is 4.79 Å². The van der Waals surface area contributed by atoms with Crippen molar-refractivity contribution in [2.24, 2.45) is 5.92 Å². The molecule has 1 aliphatic carbocycles. The summed E-state index contributed by atoms with van der Waals surface area (Å²) in [5.41, 5.74) is 2.29. The Hall–Kier alpha value is -1.62. The summed E-state index contributed by atoms with van der Waals surface area (Å²) < 4.78 is 1.24. The molecule has 2 aliphatic rings. The largest absolute Gasteiger partial charge is 0.369 e. The third-order valence-electron chi connectivity index (χ3n) is 4.38. The van der Waals surface area contributed by atoms with Gasteiger partial charge in [0.05, 0.1) is 21.8 Å². The highest BCUT2D eigenvalue weighted by atomic mass is 32.1. The highest BCUT2D eigenvalue weighted by Gasteiger charge is 2.31. The minimum absolute atomic E-state index is 0.127. The number of carbonyl (C=O) groups excluding carboxylic acids is 1. The summed E-state index contributed by atoms with van der Waals surface area (Å²) in [4.78, 5) is 19.1. The molecule has 2 aromatic rings. The first-order valence-corrected chi connectivity index (χ1v) is 8.57. The number of pyridine rings is 1. The lowest BCUT2D eigenvalue weighted by Crippen LogP contribution is -2.43. The Morgan fingerprint density at radius 1 is 1.33 bits per heavy atom. The minimum Gasteiger partial charge on any atom is -0.369 e. The molecule has 1 atom stereocenters. The van der Waals surface area contributed by atoms with Crippen molar-refractivity contribution in [3.63, 3.8) is 0 Å². The second-order valence-corrected chi connectivity index (χ2v) is 6.95. The van der Waals surface area contributed by atoms with Crippen molar-refractivity contribution in [3.05, 3.63) is 23.7 Å². The van der Waals surface area contributed by atoms with E-state index in [2.05, 4.69) is 32.7 Å². The molecule has 0 spiro atoms. The molecule has 0 aromatic carbocycles. The molecule has 2 fully saturated rings. The number of aromatic nitrogens is 1. The molecule has 1 unspecified atom stereocenters. The van der Waals surface area contributed by atoms with Gasteiger partial charge in [-0.1, -0.05) is 0 Å². The molecule has 5 heteroatoms. The zero-order chi connectivity index (χ0) is 14.2. The van der Waals surface area contributed by atoms with Gasteiger partial charge in [-0.3, -0.25) is 9.78 Å². The third kappa shape index (κ3) is 2.62. The average Bonchev–Trinajstić information content (AvgIpc) is 3.20. The molecule has 1 aliphatic heterocycles. The molecule has 0 bridgehead atoms. The normalized spacial score (nSPS) is 22.5. The number of hydrogen-bond donors (Lipinski definition) is 1. The number of rotatable bonds is 3. The van der Waals surface area contributed by atoms with Crippen LogP contribution in [-0.4, -0.2) is 30.0 Å². The lowest BCUT2D eigenvalue weighted by molar-refractivity contribution is -0.125. The molecular formula is C16H19N3OS. The molecule has 110 valence electrons. The van der Waals surface area contributed by atoms with Crippen molar-refractivity contribution in [2.75, 3.05) is 18.0 Å². The monoisotopic (exact) mass is 301 g/mol. The summed E-state index contributed by atoms with van der Waals surface area (Å²) >= 11 is 1.73. The molecule has 3 heterocycles. The first-order valence-electron chi connectivity index (χ1n) is 7.69. The molecule has 1 saturated heterocycles. The number of fused-ring (bicyclic) bond motifs is 1. The van der Waals surface area contributed by atoms with E-state index in [1.54, 1.807) is 11.3 Å². The van der Waals surface area contributed by atoms with Gasteiger partial charge in [-0.25, -0.2) is 0 Å². The Labute approximate surface area is 128 Å². The van der Waals surface area contributed by atoms with Gasteiger partial charge in [0.2, 0.25) is 5.91 Å². The number of piperidine rings is 1. The van der Waals surface area contributed by atoms with E-state index in [1.807, 2.05) is 6.20 Å². The summed E-state index contributed by atoms with van der Waals surface area (Å²) in [7, 11) is 0. The van der Waals surface area contributed by atoms with Crippen LogP contribution in [0.3, 0.4) is 0 Å². The Morgan fingerprint density at radius 3 is 3.10 bits per heavy atom. The van der Waals surface area contributed by atoms with E-state index in [1.165, 1.54) is 10.4 Å². The molecule has 4 nitrogen and oxygen atoms in total. The van der Waals surface area contributed by atoms with Crippen LogP contribution in [-0.2, 0) is 4.79 Å². The minimum atomic E-state index is 0.127. The molecule has 2 aromatic heterocycles. The predicted octanol–water partition coefficient (Wildman–Crippen LogP) is 2.79. The van der Waals surface area contributed by atoms with E-state index in [0.717, 1.165) is 44.3 Å². The third-order valence-corrected chi connectivity index (χ3v) is 5.31. The lowest BCUT2D eigenvalue weighted by Gasteiger charge is -2.34. The number of hydrogen-bond acceptors (Lipinski definition) is 4. The fourth-order valence-corrected chi connectivity index (χ4v) is 3.96. The van der Waals surface area contributed by atoms with Crippen LogP contribution in [0.4, 0.5) is 5.69 Å². The predicted molar refractivity (Wildman–Crippen MR) is 85.7 cm³/mol. The molecule has 1 amide bonds. The SMILES string of the molecule is O=C(NC1CC1)C1CCCN(c2ccnc3ccsc23)C1. The Morgan fingerprint density at radius 2 is 2.24 bits per heavy atom. The van der Waals surface area contributed by atoms with Crippen LogP contribution in [0.15, 0.2) is 23.7 Å². The van der Waals surface area contributed by atoms with Crippen molar-refractivity contribution in [2.45, 2.75) is 31.7 Å². The maximum Gasteiger partial charge on any atom is 0.225 e. The molecular weight excluding hydrogens is 282 g/mol. The number of nitrogens with zero attached hydrogens (tertiary/aromatic N) is 2. The zero-order valence-corrected chi connectivity index (χ0v) is 12.7. The van der Waals surface area contributed by atoms with E-state index in [4.69, 9.17) is 0 Å². The van der Waals surface area contributed by atoms with Crippen LogP contribution in [0.5, 0.6) is 0 Å². The van der Waals surface area contributed by atoms with Gasteiger partial charge in [-0.15, -0.1) is 11.3 Å². The molecule has 21 heavy (non-hydrogen) atoms. The maximum atomic E-state index is 12.3. The number of carbonyl (C=O) groups is 1. The highest BCUT2D eigenvalue weighted by Crippen LogP contribution is 2.33. The molecule has 1 saturated carbocycles. The van der Waals surface area contributed by atoms with Gasteiger partial charge in [-0.2, -0.15) is 0 Å². The van der Waals surface area contributed by atoms with Gasteiger partial charge in [0.15, 0.2) is 0 Å². The van der Waals surface area contributed by atoms with Crippen LogP contribution in [0, 0.1) is 5.92 Å². The summed E-state index contributed by atoms with van der Waals surface area (Å²) in [6, 6.07) is 4.60. The number of anilines is 1. The Balaban J connectivity index is 1.54. The van der Waals surface area contributed by atoms with E-state index in [-0.39, 0.29) is 11.8 Å². The number of nitrogens with one attached hydrogen (secondary N) is 1. The van der Waals surface area contributed by atoms with Gasteiger partial charge in [0.1, 0.15) is 0 Å². The summed E-state index contributed by atoms with van der Waals surface area (Å²) in [6.07, 6.45) is 6.27. The van der Waals surface area contributed by atoms with Crippen LogP contribution >= 0.6 is 11.3 Å². The summed E-state index contributed by atoms with van der Waals surface area (Å²) in [5, 5.41) is 5.24. The van der Waals surface area contributed by atoms with Gasteiger partial charge in [0, 0.05) is 25.3 Å². The van der Waals surface area contributed by atoms with Crippen LogP contribution in [0.25, 0.3) is 10.2 Å². The van der Waals surface area contributed by atoms with E-state index in [0.29, 0.717) is 6.04 Å². The van der Waals surface area contributed by atoms with Crippen molar-refractivity contribution in [1.82, 2.24) is 10.3 Å². The molecule has 4 rings (SSSR count). The first-order chi connectivity index (χ1) is 10.3. The van der Waals surface area contributed by atoms with Crippen LogP contribution < -0.4 is 10.2 Å². The Kier molecular flexibility index (Phi) is 3.30. The van der Waals surface area contributed by atoms with E-state index in [9.17, 15) is 4.79 Å². The number of thiophene rings is 1. The van der Waals surface area contributed by atoms with Gasteiger partial charge >= 0.3 is 0 Å². The summed E-state index contributed by atoms with van der Waals surface area (Å²) in [5.74, 6) is 0.376. The highest BCUT2D eigenvalue weighted by molar-refractivity contribution is 7.17.